The minimum atomic E-state index is -0.881. The zero-order valence-corrected chi connectivity index (χ0v) is 21.2. The number of morpholine rings is 1. The van der Waals surface area contributed by atoms with Crippen LogP contribution >= 0.6 is 0 Å². The van der Waals surface area contributed by atoms with E-state index in [0.29, 0.717) is 36.6 Å². The first-order valence-corrected chi connectivity index (χ1v) is 12.3. The molecule has 0 aromatic heterocycles. The van der Waals surface area contributed by atoms with Gasteiger partial charge in [0.25, 0.3) is 17.4 Å². The number of Topliss-reactive ketones (excluding diaryl/α,β-unsaturated/α-hetero) is 1. The average molecular weight is 510 g/mol. The van der Waals surface area contributed by atoms with Crippen molar-refractivity contribution in [2.45, 2.75) is 32.9 Å². The summed E-state index contributed by atoms with van der Waals surface area (Å²) in [6.45, 7) is 9.08. The minimum Gasteiger partial charge on any atom is -0.507 e. The Balaban J connectivity index is 1.74. The second-order valence-electron chi connectivity index (χ2n) is 9.44. The van der Waals surface area contributed by atoms with Gasteiger partial charge < -0.3 is 19.5 Å². The highest BCUT2D eigenvalue weighted by atomic mass is 16.6. The van der Waals surface area contributed by atoms with Gasteiger partial charge in [-0.1, -0.05) is 0 Å². The lowest BCUT2D eigenvalue weighted by atomic mass is 9.94. The number of hydrogen-bond acceptors (Lipinski definition) is 8. The Morgan fingerprint density at radius 1 is 1.14 bits per heavy atom. The molecule has 2 saturated heterocycles. The predicted octanol–water partition coefficient (Wildman–Crippen LogP) is 3.44. The maximum absolute atomic E-state index is 13.3. The molecule has 2 aromatic rings. The Bertz CT molecular complexity index is 1220. The van der Waals surface area contributed by atoms with Crippen molar-refractivity contribution in [1.29, 1.82) is 0 Å². The Kier molecular flexibility index (Phi) is 7.89. The fraction of sp³-hybridized carbons (Fsp3) is 0.407. The number of carbonyl (C=O) groups is 2. The SMILES string of the molecule is Cc1cc(C(O)=C2C(=O)C(=O)N(CCN3CCOCC3)C2c2ccc([N+](=O)[O-])cc2)ccc1OC(C)C. The second kappa shape index (κ2) is 11.1. The molecule has 4 rings (SSSR count). The van der Waals surface area contributed by atoms with Gasteiger partial charge in [-0.15, -0.1) is 0 Å². The molecule has 1 unspecified atom stereocenters. The summed E-state index contributed by atoms with van der Waals surface area (Å²) in [7, 11) is 0. The van der Waals surface area contributed by atoms with Crippen LogP contribution in [0.2, 0.25) is 0 Å². The van der Waals surface area contributed by atoms with E-state index in [0.717, 1.165) is 18.7 Å². The topological polar surface area (TPSA) is 122 Å². The number of ketones is 1. The summed E-state index contributed by atoms with van der Waals surface area (Å²) in [4.78, 5) is 40.7. The third-order valence-corrected chi connectivity index (χ3v) is 6.53. The van der Waals surface area contributed by atoms with Crippen LogP contribution in [0.5, 0.6) is 5.75 Å². The van der Waals surface area contributed by atoms with E-state index < -0.39 is 22.7 Å². The van der Waals surface area contributed by atoms with E-state index in [1.165, 1.54) is 29.2 Å². The van der Waals surface area contributed by atoms with Crippen molar-refractivity contribution in [2.24, 2.45) is 0 Å². The molecule has 10 nitrogen and oxygen atoms in total. The summed E-state index contributed by atoms with van der Waals surface area (Å²) < 4.78 is 11.2. The molecule has 2 aliphatic heterocycles. The second-order valence-corrected chi connectivity index (χ2v) is 9.44. The number of aliphatic hydroxyl groups excluding tert-OH is 1. The maximum atomic E-state index is 13.3. The van der Waals surface area contributed by atoms with E-state index >= 15 is 0 Å². The van der Waals surface area contributed by atoms with Gasteiger partial charge in [0.15, 0.2) is 0 Å². The lowest BCUT2D eigenvalue weighted by Gasteiger charge is -2.31. The van der Waals surface area contributed by atoms with Crippen LogP contribution in [0.15, 0.2) is 48.0 Å². The largest absolute Gasteiger partial charge is 0.507 e. The number of nitro benzene ring substituents is 1. The molecule has 2 aliphatic rings. The predicted molar refractivity (Wildman–Crippen MR) is 136 cm³/mol. The van der Waals surface area contributed by atoms with E-state index in [-0.39, 0.29) is 29.7 Å². The van der Waals surface area contributed by atoms with Crippen LogP contribution in [0.3, 0.4) is 0 Å². The van der Waals surface area contributed by atoms with Crippen molar-refractivity contribution in [3.05, 3.63) is 74.8 Å². The Morgan fingerprint density at radius 2 is 1.81 bits per heavy atom. The standard InChI is InChI=1S/C27H31N3O7/c1-17(2)37-22-9-6-20(16-18(22)3)25(31)23-24(19-4-7-21(8-5-19)30(34)35)29(27(33)26(23)32)11-10-28-12-14-36-15-13-28/h4-9,16-17,24,31H,10-15H2,1-3H3. The summed E-state index contributed by atoms with van der Waals surface area (Å²) >= 11 is 0. The van der Waals surface area contributed by atoms with Crippen LogP contribution in [-0.4, -0.2) is 77.0 Å². The zero-order chi connectivity index (χ0) is 26.7. The van der Waals surface area contributed by atoms with E-state index in [4.69, 9.17) is 9.47 Å². The molecule has 1 N–H and O–H groups in total. The lowest BCUT2D eigenvalue weighted by Crippen LogP contribution is -2.42. The highest BCUT2D eigenvalue weighted by Crippen LogP contribution is 2.40. The molecule has 0 bridgehead atoms. The van der Waals surface area contributed by atoms with Gasteiger partial charge >= 0.3 is 0 Å². The highest BCUT2D eigenvalue weighted by Gasteiger charge is 2.46. The Labute approximate surface area is 215 Å². The van der Waals surface area contributed by atoms with E-state index in [1.54, 1.807) is 18.2 Å². The first kappa shape index (κ1) is 26.3. The van der Waals surface area contributed by atoms with Crippen molar-refractivity contribution in [2.75, 3.05) is 39.4 Å². The number of carbonyl (C=O) groups excluding carboxylic acids is 2. The van der Waals surface area contributed by atoms with Crippen LogP contribution in [-0.2, 0) is 14.3 Å². The molecular formula is C27H31N3O7. The number of nitro groups is 1. The fourth-order valence-electron chi connectivity index (χ4n) is 4.65. The van der Waals surface area contributed by atoms with Crippen LogP contribution in [0.25, 0.3) is 5.76 Å². The number of hydrogen-bond donors (Lipinski definition) is 1. The van der Waals surface area contributed by atoms with E-state index in [2.05, 4.69) is 4.90 Å². The Morgan fingerprint density at radius 3 is 2.41 bits per heavy atom. The molecule has 2 fully saturated rings. The summed E-state index contributed by atoms with van der Waals surface area (Å²) in [6.07, 6.45) is -0.0305. The first-order valence-electron chi connectivity index (χ1n) is 12.3. The molecule has 1 atom stereocenters. The smallest absolute Gasteiger partial charge is 0.295 e. The van der Waals surface area contributed by atoms with Gasteiger partial charge in [-0.2, -0.15) is 0 Å². The van der Waals surface area contributed by atoms with Gasteiger partial charge in [-0.3, -0.25) is 24.6 Å². The maximum Gasteiger partial charge on any atom is 0.295 e. The van der Waals surface area contributed by atoms with Gasteiger partial charge in [0.1, 0.15) is 11.5 Å². The number of amides is 1. The normalized spacial score (nSPS) is 20.0. The number of aryl methyl sites for hydroxylation is 1. The Hall–Kier alpha value is -3.76. The third-order valence-electron chi connectivity index (χ3n) is 6.53. The molecule has 2 heterocycles. The van der Waals surface area contributed by atoms with Crippen molar-refractivity contribution >= 4 is 23.1 Å². The molecular weight excluding hydrogens is 478 g/mol. The molecule has 0 saturated carbocycles. The van der Waals surface area contributed by atoms with Crippen LogP contribution in [0.1, 0.15) is 36.6 Å². The quantitative estimate of drug-likeness (QED) is 0.189. The van der Waals surface area contributed by atoms with Gasteiger partial charge in [0, 0.05) is 43.9 Å². The van der Waals surface area contributed by atoms with Gasteiger partial charge in [0.2, 0.25) is 0 Å². The first-order chi connectivity index (χ1) is 17.7. The molecule has 0 spiro atoms. The van der Waals surface area contributed by atoms with Crippen molar-refractivity contribution in [1.82, 2.24) is 9.80 Å². The van der Waals surface area contributed by atoms with Crippen LogP contribution in [0.4, 0.5) is 5.69 Å². The van der Waals surface area contributed by atoms with Gasteiger partial charge in [0.05, 0.1) is 35.9 Å². The van der Waals surface area contributed by atoms with Gasteiger partial charge in [-0.05, 0) is 62.2 Å². The zero-order valence-electron chi connectivity index (χ0n) is 21.2. The highest BCUT2D eigenvalue weighted by molar-refractivity contribution is 6.46. The monoisotopic (exact) mass is 509 g/mol. The number of benzene rings is 2. The van der Waals surface area contributed by atoms with Crippen LogP contribution in [0, 0.1) is 17.0 Å². The number of aliphatic hydroxyl groups is 1. The third kappa shape index (κ3) is 5.65. The van der Waals surface area contributed by atoms with Crippen LogP contribution < -0.4 is 4.74 Å². The van der Waals surface area contributed by atoms with Crippen molar-refractivity contribution in [3.63, 3.8) is 0 Å². The summed E-state index contributed by atoms with van der Waals surface area (Å²) in [6, 6.07) is 9.91. The van der Waals surface area contributed by atoms with Gasteiger partial charge in [-0.25, -0.2) is 0 Å². The fourth-order valence-corrected chi connectivity index (χ4v) is 4.65. The average Bonchev–Trinajstić information content (AvgIpc) is 3.13. The molecule has 2 aromatic carbocycles. The molecule has 1 amide bonds. The van der Waals surface area contributed by atoms with Crippen molar-refractivity contribution < 1.29 is 29.1 Å². The molecule has 0 aliphatic carbocycles. The molecule has 10 heteroatoms. The van der Waals surface area contributed by atoms with E-state index in [9.17, 15) is 24.8 Å². The lowest BCUT2D eigenvalue weighted by molar-refractivity contribution is -0.384. The van der Waals surface area contributed by atoms with E-state index in [1.807, 2.05) is 20.8 Å². The van der Waals surface area contributed by atoms with Crippen molar-refractivity contribution in [3.8, 4) is 5.75 Å². The number of likely N-dealkylation sites (tertiary alicyclic amines) is 1. The summed E-state index contributed by atoms with van der Waals surface area (Å²) in [5.74, 6) is -1.14. The number of ether oxygens (including phenoxy) is 2. The molecule has 37 heavy (non-hydrogen) atoms. The number of nitrogens with zero attached hydrogens (tertiary/aromatic N) is 3. The number of rotatable bonds is 8. The summed E-state index contributed by atoms with van der Waals surface area (Å²) in [5, 5.41) is 22.5. The summed E-state index contributed by atoms with van der Waals surface area (Å²) in [5.41, 5.74) is 1.51. The number of non-ortho nitro benzene ring substituents is 1. The minimum absolute atomic E-state index is 0.0305. The molecule has 196 valence electrons. The molecule has 0 radical (unpaired) electrons.